The van der Waals surface area contributed by atoms with E-state index >= 15 is 0 Å². The van der Waals surface area contributed by atoms with Crippen molar-refractivity contribution in [3.8, 4) is 0 Å². The lowest BCUT2D eigenvalue weighted by Crippen LogP contribution is -2.09. The van der Waals surface area contributed by atoms with Crippen molar-refractivity contribution in [2.24, 2.45) is 12.0 Å². The van der Waals surface area contributed by atoms with Crippen molar-refractivity contribution in [3.05, 3.63) is 29.8 Å². The average Bonchev–Trinajstić information content (AvgIpc) is 2.71. The maximum Gasteiger partial charge on any atom is 0.0814 e. The summed E-state index contributed by atoms with van der Waals surface area (Å²) in [6.45, 7) is 0. The Morgan fingerprint density at radius 3 is 2.74 bits per heavy atom. The van der Waals surface area contributed by atoms with Gasteiger partial charge in [0, 0.05) is 35.8 Å². The smallest absolute Gasteiger partial charge is 0.0814 e. The zero-order chi connectivity index (χ0) is 13.2. The Kier molecular flexibility index (Phi) is 3.65. The third kappa shape index (κ3) is 2.44. The van der Waals surface area contributed by atoms with Crippen LogP contribution in [0.1, 0.15) is 37.7 Å². The van der Waals surface area contributed by atoms with E-state index in [0.717, 1.165) is 10.6 Å². The summed E-state index contributed by atoms with van der Waals surface area (Å²) in [6, 6.07) is 8.94. The highest BCUT2D eigenvalue weighted by Gasteiger charge is 2.13. The number of para-hydroxylation sites is 1. The van der Waals surface area contributed by atoms with Crippen LogP contribution in [0.25, 0.3) is 10.9 Å². The lowest BCUT2D eigenvalue weighted by Gasteiger charge is -2.17. The van der Waals surface area contributed by atoms with Crippen LogP contribution in [-0.4, -0.2) is 16.8 Å². The van der Waals surface area contributed by atoms with Gasteiger partial charge in [-0.25, -0.2) is 0 Å². The molecule has 0 amide bonds. The first-order valence-electron chi connectivity index (χ1n) is 7.07. The van der Waals surface area contributed by atoms with Gasteiger partial charge in [-0.1, -0.05) is 37.5 Å². The Morgan fingerprint density at radius 1 is 1.21 bits per heavy atom. The number of rotatable bonds is 2. The number of fused-ring (bicyclic) bond motifs is 1. The largest absolute Gasteiger partial charge is 0.338 e. The van der Waals surface area contributed by atoms with Crippen LogP contribution in [-0.2, 0) is 7.05 Å². The molecule has 0 atom stereocenters. The molecule has 1 heterocycles. The molecule has 2 nitrogen and oxygen atoms in total. The minimum atomic E-state index is 0.514. The van der Waals surface area contributed by atoms with Crippen molar-refractivity contribution in [1.82, 2.24) is 4.57 Å². The highest BCUT2D eigenvalue weighted by Crippen LogP contribution is 2.27. The van der Waals surface area contributed by atoms with Gasteiger partial charge in [0.05, 0.1) is 5.03 Å². The third-order valence-electron chi connectivity index (χ3n) is 4.10. The first-order valence-corrected chi connectivity index (χ1v) is 7.51. The van der Waals surface area contributed by atoms with Crippen molar-refractivity contribution >= 4 is 29.7 Å². The number of thiol groups is 1. The number of hydrogen-bond acceptors (Lipinski definition) is 2. The van der Waals surface area contributed by atoms with E-state index in [0.29, 0.717) is 6.04 Å². The molecule has 0 spiro atoms. The second kappa shape index (κ2) is 5.41. The Morgan fingerprint density at radius 2 is 1.95 bits per heavy atom. The molecule has 1 aliphatic rings. The van der Waals surface area contributed by atoms with Gasteiger partial charge < -0.3 is 4.57 Å². The third-order valence-corrected chi connectivity index (χ3v) is 4.64. The molecule has 1 fully saturated rings. The van der Waals surface area contributed by atoms with E-state index in [-0.39, 0.29) is 0 Å². The molecule has 2 aromatic rings. The van der Waals surface area contributed by atoms with Crippen molar-refractivity contribution < 1.29 is 0 Å². The van der Waals surface area contributed by atoms with Gasteiger partial charge in [-0.05, 0) is 18.9 Å². The second-order valence-corrected chi connectivity index (χ2v) is 5.81. The molecule has 0 bridgehead atoms. The summed E-state index contributed by atoms with van der Waals surface area (Å²) in [6.07, 6.45) is 8.54. The van der Waals surface area contributed by atoms with Gasteiger partial charge in [-0.2, -0.15) is 0 Å². The summed E-state index contributed by atoms with van der Waals surface area (Å²) in [7, 11) is 2.06. The Labute approximate surface area is 119 Å². The predicted molar refractivity (Wildman–Crippen MR) is 84.6 cm³/mol. The van der Waals surface area contributed by atoms with Crippen molar-refractivity contribution in [2.75, 3.05) is 0 Å². The maximum atomic E-state index is 4.79. The molecule has 0 aliphatic heterocycles. The molecule has 0 unspecified atom stereocenters. The molecule has 1 aliphatic carbocycles. The summed E-state index contributed by atoms with van der Waals surface area (Å²) in [5.74, 6) is 0. The zero-order valence-electron chi connectivity index (χ0n) is 11.3. The predicted octanol–water partition coefficient (Wildman–Crippen LogP) is 4.22. The molecular weight excluding hydrogens is 252 g/mol. The van der Waals surface area contributed by atoms with Gasteiger partial charge in [-0.15, -0.1) is 12.6 Å². The minimum absolute atomic E-state index is 0.514. The molecule has 0 N–H and O–H groups in total. The summed E-state index contributed by atoms with van der Waals surface area (Å²) in [5.41, 5.74) is 2.38. The zero-order valence-corrected chi connectivity index (χ0v) is 12.2. The Hall–Kier alpha value is -1.22. The van der Waals surface area contributed by atoms with Gasteiger partial charge in [0.2, 0.25) is 0 Å². The van der Waals surface area contributed by atoms with E-state index in [9.17, 15) is 0 Å². The average molecular weight is 272 g/mol. The molecule has 1 aromatic carbocycles. The normalized spacial score (nSPS) is 17.6. The fourth-order valence-electron chi connectivity index (χ4n) is 2.95. The van der Waals surface area contributed by atoms with E-state index < -0.39 is 0 Å². The van der Waals surface area contributed by atoms with E-state index in [1.165, 1.54) is 43.0 Å². The van der Waals surface area contributed by atoms with E-state index in [1.807, 2.05) is 6.21 Å². The van der Waals surface area contributed by atoms with Crippen LogP contribution in [0.2, 0.25) is 0 Å². The van der Waals surface area contributed by atoms with Gasteiger partial charge in [0.1, 0.15) is 0 Å². The van der Waals surface area contributed by atoms with E-state index in [1.54, 1.807) is 0 Å². The summed E-state index contributed by atoms with van der Waals surface area (Å²) in [5, 5.41) is 2.25. The van der Waals surface area contributed by atoms with Crippen LogP contribution in [0.15, 0.2) is 34.3 Å². The van der Waals surface area contributed by atoms with Gasteiger partial charge >= 0.3 is 0 Å². The lowest BCUT2D eigenvalue weighted by atomic mass is 9.96. The molecule has 19 heavy (non-hydrogen) atoms. The van der Waals surface area contributed by atoms with Crippen LogP contribution in [0.3, 0.4) is 0 Å². The van der Waals surface area contributed by atoms with Crippen LogP contribution in [0.5, 0.6) is 0 Å². The topological polar surface area (TPSA) is 17.3 Å². The molecule has 3 rings (SSSR count). The van der Waals surface area contributed by atoms with Crippen LogP contribution in [0.4, 0.5) is 0 Å². The van der Waals surface area contributed by atoms with Crippen molar-refractivity contribution in [3.63, 3.8) is 0 Å². The standard InChI is InChI=1S/C16H20N2S/c1-18-15-10-6-5-9-13(15)14(16(18)19)11-17-12-7-3-2-4-8-12/h5-6,9-12,19H,2-4,7-8H2,1H3. The molecule has 1 saturated carbocycles. The van der Waals surface area contributed by atoms with Gasteiger partial charge in [0.15, 0.2) is 0 Å². The Balaban J connectivity index is 1.96. The fourth-order valence-corrected chi connectivity index (χ4v) is 3.23. The molecule has 0 saturated heterocycles. The number of nitrogens with zero attached hydrogens (tertiary/aromatic N) is 2. The van der Waals surface area contributed by atoms with E-state index in [4.69, 9.17) is 4.99 Å². The van der Waals surface area contributed by atoms with E-state index in [2.05, 4.69) is 48.5 Å². The van der Waals surface area contributed by atoms with Gasteiger partial charge in [-0.3, -0.25) is 4.99 Å². The maximum absolute atomic E-state index is 4.79. The SMILES string of the molecule is Cn1c(S)c(C=NC2CCCCC2)c2ccccc21. The summed E-state index contributed by atoms with van der Waals surface area (Å²) < 4.78 is 2.13. The lowest BCUT2D eigenvalue weighted by molar-refractivity contribution is 0.444. The fraction of sp³-hybridized carbons (Fsp3) is 0.438. The number of aliphatic imine (C=N–C) groups is 1. The molecule has 3 heteroatoms. The van der Waals surface area contributed by atoms with Crippen molar-refractivity contribution in [2.45, 2.75) is 43.2 Å². The minimum Gasteiger partial charge on any atom is -0.338 e. The molecular formula is C16H20N2S. The first-order chi connectivity index (χ1) is 9.27. The summed E-state index contributed by atoms with van der Waals surface area (Å²) in [4.78, 5) is 4.79. The van der Waals surface area contributed by atoms with Crippen LogP contribution in [0, 0.1) is 0 Å². The van der Waals surface area contributed by atoms with Crippen LogP contribution >= 0.6 is 12.6 Å². The van der Waals surface area contributed by atoms with Gasteiger partial charge in [0.25, 0.3) is 0 Å². The Bertz CT molecular complexity index is 606. The monoisotopic (exact) mass is 272 g/mol. The summed E-state index contributed by atoms with van der Waals surface area (Å²) >= 11 is 4.64. The van der Waals surface area contributed by atoms with Crippen LogP contribution < -0.4 is 0 Å². The first kappa shape index (κ1) is 12.8. The van der Waals surface area contributed by atoms with Crippen molar-refractivity contribution in [1.29, 1.82) is 0 Å². The number of aryl methyl sites for hydroxylation is 1. The number of hydrogen-bond donors (Lipinski definition) is 1. The number of aromatic nitrogens is 1. The number of benzene rings is 1. The molecule has 1 aromatic heterocycles. The highest BCUT2D eigenvalue weighted by molar-refractivity contribution is 7.80. The highest BCUT2D eigenvalue weighted by atomic mass is 32.1. The quantitative estimate of drug-likeness (QED) is 0.623. The second-order valence-electron chi connectivity index (χ2n) is 5.38. The molecule has 0 radical (unpaired) electrons. The molecule has 100 valence electrons.